The van der Waals surface area contributed by atoms with E-state index < -0.39 is 6.04 Å². The van der Waals surface area contributed by atoms with Crippen LogP contribution in [-0.4, -0.2) is 23.9 Å². The molecule has 1 aliphatic rings. The van der Waals surface area contributed by atoms with Crippen molar-refractivity contribution in [2.75, 3.05) is 0 Å². The van der Waals surface area contributed by atoms with E-state index in [1.165, 1.54) is 43.4 Å². The van der Waals surface area contributed by atoms with Crippen molar-refractivity contribution in [3.63, 3.8) is 0 Å². The molecule has 6 heteroatoms. The third kappa shape index (κ3) is 5.39. The Morgan fingerprint density at radius 1 is 1.18 bits per heavy atom. The van der Waals surface area contributed by atoms with Crippen LogP contribution >= 0.6 is 27.3 Å². The molecule has 4 nitrogen and oxygen atoms in total. The molecule has 1 aromatic heterocycles. The number of thiophene rings is 1. The molecule has 0 aliphatic heterocycles. The summed E-state index contributed by atoms with van der Waals surface area (Å²) in [7, 11) is 0. The molecule has 22 heavy (non-hydrogen) atoms. The van der Waals surface area contributed by atoms with E-state index in [4.69, 9.17) is 0 Å². The lowest BCUT2D eigenvalue weighted by Crippen LogP contribution is -2.48. The van der Waals surface area contributed by atoms with Crippen LogP contribution in [0.15, 0.2) is 15.9 Å². The lowest BCUT2D eigenvalue weighted by molar-refractivity contribution is -0.123. The van der Waals surface area contributed by atoms with Gasteiger partial charge in [0, 0.05) is 6.04 Å². The normalized spacial score (nSPS) is 18.1. The first-order chi connectivity index (χ1) is 10.6. The van der Waals surface area contributed by atoms with Crippen molar-refractivity contribution in [2.24, 2.45) is 0 Å². The Hall–Kier alpha value is -0.880. The van der Waals surface area contributed by atoms with Crippen LogP contribution in [0.4, 0.5) is 0 Å². The van der Waals surface area contributed by atoms with Crippen molar-refractivity contribution < 1.29 is 9.59 Å². The quantitative estimate of drug-likeness (QED) is 0.824. The molecule has 1 heterocycles. The number of hydrogen-bond acceptors (Lipinski definition) is 3. The summed E-state index contributed by atoms with van der Waals surface area (Å²) < 4.78 is 0.907. The summed E-state index contributed by atoms with van der Waals surface area (Å²) in [5.74, 6) is -0.287. The molecule has 0 spiro atoms. The first-order valence-electron chi connectivity index (χ1n) is 7.93. The van der Waals surface area contributed by atoms with E-state index in [0.29, 0.717) is 4.88 Å². The van der Waals surface area contributed by atoms with E-state index in [1.54, 1.807) is 13.0 Å². The maximum atomic E-state index is 12.2. The number of carbonyl (C=O) groups is 2. The van der Waals surface area contributed by atoms with Crippen LogP contribution in [0, 0.1) is 0 Å². The van der Waals surface area contributed by atoms with Gasteiger partial charge in [-0.2, -0.15) is 0 Å². The van der Waals surface area contributed by atoms with E-state index in [0.717, 1.165) is 16.6 Å². The molecule has 0 radical (unpaired) electrons. The number of halogens is 1. The second kappa shape index (κ2) is 8.67. The Labute approximate surface area is 144 Å². The molecule has 2 N–H and O–H groups in total. The van der Waals surface area contributed by atoms with Crippen LogP contribution in [0.25, 0.3) is 0 Å². The summed E-state index contributed by atoms with van der Waals surface area (Å²) in [6.45, 7) is 1.73. The molecule has 1 unspecified atom stereocenters. The molecule has 1 atom stereocenters. The first kappa shape index (κ1) is 17.5. The number of hydrogen-bond donors (Lipinski definition) is 2. The first-order valence-corrected chi connectivity index (χ1v) is 9.54. The fraction of sp³-hybridized carbons (Fsp3) is 0.625. The van der Waals surface area contributed by atoms with E-state index in [2.05, 4.69) is 26.6 Å². The SMILES string of the molecule is CC(NC(=O)c1ccc(Br)s1)C(=O)NC1CCCCCCC1. The van der Waals surface area contributed by atoms with E-state index in [-0.39, 0.29) is 17.9 Å². The summed E-state index contributed by atoms with van der Waals surface area (Å²) in [5, 5.41) is 5.85. The standard InChI is InChI=1S/C16H23BrN2O2S/c1-11(18-16(21)13-9-10-14(17)22-13)15(20)19-12-7-5-3-2-4-6-8-12/h9-12H,2-8H2,1H3,(H,18,21)(H,19,20). The molecule has 0 aromatic carbocycles. The molecule has 2 rings (SSSR count). The average molecular weight is 387 g/mol. The van der Waals surface area contributed by atoms with Crippen LogP contribution in [0.1, 0.15) is 61.5 Å². The highest BCUT2D eigenvalue weighted by Gasteiger charge is 2.21. The highest BCUT2D eigenvalue weighted by atomic mass is 79.9. The maximum Gasteiger partial charge on any atom is 0.262 e. The molecule has 1 aromatic rings. The Bertz CT molecular complexity index is 510. The minimum atomic E-state index is -0.515. The van der Waals surface area contributed by atoms with E-state index in [9.17, 15) is 9.59 Å². The van der Waals surface area contributed by atoms with Crippen LogP contribution < -0.4 is 10.6 Å². The van der Waals surface area contributed by atoms with Crippen molar-refractivity contribution in [2.45, 2.75) is 64.0 Å². The van der Waals surface area contributed by atoms with Gasteiger partial charge >= 0.3 is 0 Å². The van der Waals surface area contributed by atoms with Gasteiger partial charge in [0.2, 0.25) is 5.91 Å². The zero-order chi connectivity index (χ0) is 15.9. The molecule has 1 fully saturated rings. The maximum absolute atomic E-state index is 12.2. The van der Waals surface area contributed by atoms with Crippen molar-refractivity contribution >= 4 is 39.1 Å². The minimum absolute atomic E-state index is 0.0884. The van der Waals surface area contributed by atoms with Gasteiger partial charge in [0.15, 0.2) is 0 Å². The van der Waals surface area contributed by atoms with Gasteiger partial charge in [0.1, 0.15) is 6.04 Å². The van der Waals surface area contributed by atoms with Crippen LogP contribution in [0.5, 0.6) is 0 Å². The van der Waals surface area contributed by atoms with Crippen LogP contribution in [-0.2, 0) is 4.79 Å². The lowest BCUT2D eigenvalue weighted by Gasteiger charge is -2.23. The van der Waals surface area contributed by atoms with Crippen LogP contribution in [0.3, 0.4) is 0 Å². The van der Waals surface area contributed by atoms with Gasteiger partial charge in [-0.25, -0.2) is 0 Å². The number of carbonyl (C=O) groups excluding carboxylic acids is 2. The monoisotopic (exact) mass is 386 g/mol. The number of amides is 2. The van der Waals surface area contributed by atoms with Gasteiger partial charge in [0.25, 0.3) is 5.91 Å². The molecule has 2 amide bonds. The van der Waals surface area contributed by atoms with Gasteiger partial charge in [-0.3, -0.25) is 9.59 Å². The summed E-state index contributed by atoms with van der Waals surface area (Å²) in [4.78, 5) is 24.9. The highest BCUT2D eigenvalue weighted by molar-refractivity contribution is 9.11. The summed E-state index contributed by atoms with van der Waals surface area (Å²) in [6, 6.07) is 3.32. The van der Waals surface area contributed by atoms with E-state index in [1.807, 2.05) is 6.07 Å². The number of nitrogens with one attached hydrogen (secondary N) is 2. The third-order valence-electron chi connectivity index (χ3n) is 3.99. The molecule has 1 saturated carbocycles. The molecule has 0 saturated heterocycles. The topological polar surface area (TPSA) is 58.2 Å². The molecular formula is C16H23BrN2O2S. The Balaban J connectivity index is 1.81. The van der Waals surface area contributed by atoms with Gasteiger partial charge < -0.3 is 10.6 Å². The smallest absolute Gasteiger partial charge is 0.262 e. The zero-order valence-corrected chi connectivity index (χ0v) is 15.3. The van der Waals surface area contributed by atoms with Gasteiger partial charge in [0.05, 0.1) is 8.66 Å². The predicted octanol–water partition coefficient (Wildman–Crippen LogP) is 3.86. The Kier molecular flexibility index (Phi) is 6.89. The largest absolute Gasteiger partial charge is 0.352 e. The minimum Gasteiger partial charge on any atom is -0.352 e. The summed E-state index contributed by atoms with van der Waals surface area (Å²) in [6.07, 6.45) is 8.26. The van der Waals surface area contributed by atoms with Crippen LogP contribution in [0.2, 0.25) is 0 Å². The van der Waals surface area contributed by atoms with Gasteiger partial charge in [-0.1, -0.05) is 32.1 Å². The third-order valence-corrected chi connectivity index (χ3v) is 5.61. The van der Waals surface area contributed by atoms with Gasteiger partial charge in [-0.15, -0.1) is 11.3 Å². The lowest BCUT2D eigenvalue weighted by atomic mass is 9.96. The predicted molar refractivity (Wildman–Crippen MR) is 93.2 cm³/mol. The van der Waals surface area contributed by atoms with E-state index >= 15 is 0 Å². The molecular weight excluding hydrogens is 364 g/mol. The number of rotatable bonds is 4. The van der Waals surface area contributed by atoms with Crippen molar-refractivity contribution in [1.82, 2.24) is 10.6 Å². The Morgan fingerprint density at radius 2 is 1.82 bits per heavy atom. The second-order valence-electron chi connectivity index (χ2n) is 5.85. The van der Waals surface area contributed by atoms with Crippen molar-refractivity contribution in [1.29, 1.82) is 0 Å². The van der Waals surface area contributed by atoms with Crippen molar-refractivity contribution in [3.05, 3.63) is 20.8 Å². The average Bonchev–Trinajstić information content (AvgIpc) is 2.88. The zero-order valence-electron chi connectivity index (χ0n) is 12.9. The fourth-order valence-electron chi connectivity index (χ4n) is 2.70. The van der Waals surface area contributed by atoms with Gasteiger partial charge in [-0.05, 0) is 47.8 Å². The summed E-state index contributed by atoms with van der Waals surface area (Å²) >= 11 is 4.70. The Morgan fingerprint density at radius 3 is 2.41 bits per heavy atom. The summed E-state index contributed by atoms with van der Waals surface area (Å²) in [5.41, 5.74) is 0. The van der Waals surface area contributed by atoms with Crippen molar-refractivity contribution in [3.8, 4) is 0 Å². The highest BCUT2D eigenvalue weighted by Crippen LogP contribution is 2.22. The molecule has 0 bridgehead atoms. The molecule has 1 aliphatic carbocycles. The molecule has 122 valence electrons. The fourth-order valence-corrected chi connectivity index (χ4v) is 3.99. The second-order valence-corrected chi connectivity index (χ2v) is 8.31.